The zero-order chi connectivity index (χ0) is 10.1. The number of thiophene rings is 1. The lowest BCUT2D eigenvalue weighted by molar-refractivity contribution is 1.04. The third-order valence-corrected chi connectivity index (χ3v) is 3.14. The fraction of sp³-hybridized carbons (Fsp3) is 0.200. The van der Waals surface area contributed by atoms with E-state index in [1.54, 1.807) is 0 Å². The Hall–Kier alpha value is -0.930. The first kappa shape index (κ1) is 9.62. The van der Waals surface area contributed by atoms with E-state index in [1.807, 2.05) is 32.2 Å². The second-order valence-electron chi connectivity index (χ2n) is 3.05. The molecule has 14 heavy (non-hydrogen) atoms. The monoisotopic (exact) mass is 224 g/mol. The number of hydrogen-bond donors (Lipinski definition) is 0. The van der Waals surface area contributed by atoms with Gasteiger partial charge in [0.05, 0.1) is 14.9 Å². The molecule has 2 heterocycles. The molecule has 0 fully saturated rings. The Morgan fingerprint density at radius 3 is 2.71 bits per heavy atom. The van der Waals surface area contributed by atoms with Crippen molar-refractivity contribution < 1.29 is 0 Å². The molecule has 0 saturated heterocycles. The Labute approximate surface area is 91.6 Å². The molecule has 0 aliphatic carbocycles. The molecule has 0 radical (unpaired) electrons. The smallest absolute Gasteiger partial charge is 0.125 e. The molecule has 2 nitrogen and oxygen atoms in total. The number of halogens is 1. The average Bonchev–Trinajstić information content (AvgIpc) is 2.56. The highest BCUT2D eigenvalue weighted by Crippen LogP contribution is 2.31. The summed E-state index contributed by atoms with van der Waals surface area (Å²) in [7, 11) is 0. The lowest BCUT2D eigenvalue weighted by atomic mass is 10.2. The minimum atomic E-state index is 0.787. The van der Waals surface area contributed by atoms with Gasteiger partial charge in [-0.2, -0.15) is 0 Å². The molecule has 0 aromatic carbocycles. The van der Waals surface area contributed by atoms with Crippen molar-refractivity contribution in [3.63, 3.8) is 0 Å². The molecule has 0 unspecified atom stereocenters. The first-order valence-corrected chi connectivity index (χ1v) is 5.42. The van der Waals surface area contributed by atoms with Crippen molar-refractivity contribution in [1.82, 2.24) is 9.97 Å². The van der Waals surface area contributed by atoms with E-state index in [1.165, 1.54) is 11.3 Å². The second-order valence-corrected chi connectivity index (χ2v) is 4.77. The summed E-state index contributed by atoms with van der Waals surface area (Å²) in [5.74, 6) is 0.787. The zero-order valence-electron chi connectivity index (χ0n) is 7.91. The van der Waals surface area contributed by atoms with Crippen LogP contribution in [0, 0.1) is 13.8 Å². The van der Waals surface area contributed by atoms with Crippen LogP contribution < -0.4 is 0 Å². The zero-order valence-corrected chi connectivity index (χ0v) is 9.49. The van der Waals surface area contributed by atoms with Crippen molar-refractivity contribution >= 4 is 22.9 Å². The first-order valence-electron chi connectivity index (χ1n) is 4.23. The number of rotatable bonds is 1. The summed E-state index contributed by atoms with van der Waals surface area (Å²) in [6.07, 6.45) is 1.84. The third-order valence-electron chi connectivity index (χ3n) is 1.90. The number of aryl methyl sites for hydroxylation is 2. The first-order chi connectivity index (χ1) is 6.66. The van der Waals surface area contributed by atoms with Gasteiger partial charge in [0.2, 0.25) is 0 Å². The Kier molecular flexibility index (Phi) is 2.52. The molecule has 0 atom stereocenters. The van der Waals surface area contributed by atoms with Crippen LogP contribution in [0.15, 0.2) is 18.3 Å². The van der Waals surface area contributed by atoms with E-state index in [-0.39, 0.29) is 0 Å². The van der Waals surface area contributed by atoms with Crippen LogP contribution in [-0.4, -0.2) is 9.97 Å². The molecule has 2 aromatic heterocycles. The molecule has 0 N–H and O–H groups in total. The molecule has 2 aromatic rings. The largest absolute Gasteiger partial charge is 0.241 e. The lowest BCUT2D eigenvalue weighted by Gasteiger charge is -2.01. The van der Waals surface area contributed by atoms with Crippen LogP contribution in [0.3, 0.4) is 0 Å². The molecule has 72 valence electrons. The Bertz CT molecular complexity index is 465. The summed E-state index contributed by atoms with van der Waals surface area (Å²) < 4.78 is 0.788. The fourth-order valence-corrected chi connectivity index (χ4v) is 2.32. The standard InChI is InChI=1S/C10H9ClN2S/c1-6-5-12-7(2)13-10(6)8-3-4-9(11)14-8/h3-5H,1-2H3. The highest BCUT2D eigenvalue weighted by Gasteiger charge is 2.06. The molecular formula is C10H9ClN2S. The van der Waals surface area contributed by atoms with E-state index in [0.717, 1.165) is 26.3 Å². The van der Waals surface area contributed by atoms with E-state index < -0.39 is 0 Å². The molecule has 0 spiro atoms. The van der Waals surface area contributed by atoms with Gasteiger partial charge in [-0.25, -0.2) is 9.97 Å². The van der Waals surface area contributed by atoms with Crippen LogP contribution in [0.5, 0.6) is 0 Å². The quantitative estimate of drug-likeness (QED) is 0.741. The van der Waals surface area contributed by atoms with Gasteiger partial charge < -0.3 is 0 Å². The molecule has 0 bridgehead atoms. The highest BCUT2D eigenvalue weighted by molar-refractivity contribution is 7.19. The minimum Gasteiger partial charge on any atom is -0.241 e. The van der Waals surface area contributed by atoms with E-state index in [2.05, 4.69) is 9.97 Å². The van der Waals surface area contributed by atoms with Crippen LogP contribution in [0.25, 0.3) is 10.6 Å². The summed E-state index contributed by atoms with van der Waals surface area (Å²) in [6, 6.07) is 3.88. The SMILES string of the molecule is Cc1ncc(C)c(-c2ccc(Cl)s2)n1. The van der Waals surface area contributed by atoms with Crippen molar-refractivity contribution in [1.29, 1.82) is 0 Å². The van der Waals surface area contributed by atoms with Gasteiger partial charge in [0, 0.05) is 6.20 Å². The van der Waals surface area contributed by atoms with Crippen molar-refractivity contribution in [2.75, 3.05) is 0 Å². The van der Waals surface area contributed by atoms with Gasteiger partial charge >= 0.3 is 0 Å². The molecule has 4 heteroatoms. The Morgan fingerprint density at radius 2 is 2.07 bits per heavy atom. The second kappa shape index (κ2) is 3.67. The van der Waals surface area contributed by atoms with Crippen molar-refractivity contribution in [2.45, 2.75) is 13.8 Å². The van der Waals surface area contributed by atoms with E-state index in [4.69, 9.17) is 11.6 Å². The van der Waals surface area contributed by atoms with Gasteiger partial charge in [-0.15, -0.1) is 11.3 Å². The predicted molar refractivity (Wildman–Crippen MR) is 59.8 cm³/mol. The molecule has 0 amide bonds. The van der Waals surface area contributed by atoms with E-state index >= 15 is 0 Å². The van der Waals surface area contributed by atoms with Gasteiger partial charge in [0.25, 0.3) is 0 Å². The molecule has 0 aliphatic rings. The van der Waals surface area contributed by atoms with Crippen LogP contribution in [0.1, 0.15) is 11.4 Å². The number of aromatic nitrogens is 2. The van der Waals surface area contributed by atoms with E-state index in [9.17, 15) is 0 Å². The van der Waals surface area contributed by atoms with Crippen LogP contribution >= 0.6 is 22.9 Å². The van der Waals surface area contributed by atoms with Gasteiger partial charge in [0.15, 0.2) is 0 Å². The Balaban J connectivity index is 2.55. The lowest BCUT2D eigenvalue weighted by Crippen LogP contribution is -1.92. The highest BCUT2D eigenvalue weighted by atomic mass is 35.5. The van der Waals surface area contributed by atoms with Crippen molar-refractivity contribution in [3.05, 3.63) is 34.1 Å². The average molecular weight is 225 g/mol. The predicted octanol–water partition coefficient (Wildman–Crippen LogP) is 3.48. The fourth-order valence-electron chi connectivity index (χ4n) is 1.22. The normalized spacial score (nSPS) is 10.5. The Morgan fingerprint density at radius 1 is 1.29 bits per heavy atom. The molecular weight excluding hydrogens is 216 g/mol. The molecule has 2 rings (SSSR count). The molecule has 0 saturated carbocycles. The van der Waals surface area contributed by atoms with Crippen molar-refractivity contribution in [2.24, 2.45) is 0 Å². The van der Waals surface area contributed by atoms with Crippen molar-refractivity contribution in [3.8, 4) is 10.6 Å². The maximum absolute atomic E-state index is 5.88. The van der Waals surface area contributed by atoms with Gasteiger partial charge in [0.1, 0.15) is 5.82 Å². The van der Waals surface area contributed by atoms with Gasteiger partial charge in [-0.3, -0.25) is 0 Å². The van der Waals surface area contributed by atoms with Crippen LogP contribution in [-0.2, 0) is 0 Å². The minimum absolute atomic E-state index is 0.787. The summed E-state index contributed by atoms with van der Waals surface area (Å²) in [6.45, 7) is 3.89. The summed E-state index contributed by atoms with van der Waals surface area (Å²) in [4.78, 5) is 9.62. The topological polar surface area (TPSA) is 25.8 Å². The maximum atomic E-state index is 5.88. The third kappa shape index (κ3) is 1.79. The van der Waals surface area contributed by atoms with E-state index in [0.29, 0.717) is 0 Å². The van der Waals surface area contributed by atoms with Gasteiger partial charge in [-0.05, 0) is 31.5 Å². The maximum Gasteiger partial charge on any atom is 0.125 e. The molecule has 0 aliphatic heterocycles. The summed E-state index contributed by atoms with van der Waals surface area (Å²) >= 11 is 7.42. The van der Waals surface area contributed by atoms with Gasteiger partial charge in [-0.1, -0.05) is 11.6 Å². The van der Waals surface area contributed by atoms with Crippen LogP contribution in [0.4, 0.5) is 0 Å². The summed E-state index contributed by atoms with van der Waals surface area (Å²) in [5.41, 5.74) is 2.06. The number of nitrogens with zero attached hydrogens (tertiary/aromatic N) is 2. The van der Waals surface area contributed by atoms with Crippen LogP contribution in [0.2, 0.25) is 4.34 Å². The summed E-state index contributed by atoms with van der Waals surface area (Å²) in [5, 5.41) is 0. The number of hydrogen-bond acceptors (Lipinski definition) is 3.